The predicted octanol–water partition coefficient (Wildman–Crippen LogP) is 1.07. The number of hydrogen-bond acceptors (Lipinski definition) is 5. The van der Waals surface area contributed by atoms with E-state index in [0.29, 0.717) is 0 Å². The Bertz CT molecular complexity index is 568. The highest BCUT2D eigenvalue weighted by Crippen LogP contribution is 2.27. The van der Waals surface area contributed by atoms with Crippen LogP contribution < -0.4 is 9.46 Å². The lowest BCUT2D eigenvalue weighted by Crippen LogP contribution is -2.24. The van der Waals surface area contributed by atoms with Crippen LogP contribution in [0.3, 0.4) is 0 Å². The third kappa shape index (κ3) is 3.05. The summed E-state index contributed by atoms with van der Waals surface area (Å²) in [5, 5.41) is 10.8. The van der Waals surface area contributed by atoms with Crippen molar-refractivity contribution in [2.75, 3.05) is 13.7 Å². The lowest BCUT2D eigenvalue weighted by atomic mass is 10.3. The Morgan fingerprint density at radius 1 is 1.56 bits per heavy atom. The number of nitro benzene ring substituents is 1. The number of methoxy groups -OCH3 is 1. The van der Waals surface area contributed by atoms with Crippen LogP contribution in [0.4, 0.5) is 5.69 Å². The van der Waals surface area contributed by atoms with Crippen molar-refractivity contribution >= 4 is 15.7 Å². The van der Waals surface area contributed by atoms with E-state index in [1.165, 1.54) is 19.3 Å². The molecule has 0 bridgehead atoms. The summed E-state index contributed by atoms with van der Waals surface area (Å²) in [4.78, 5) is 9.67. The summed E-state index contributed by atoms with van der Waals surface area (Å²) in [7, 11) is -2.61. The normalized spacial score (nSPS) is 10.9. The molecule has 0 unspecified atom stereocenters. The van der Waals surface area contributed by atoms with E-state index in [4.69, 9.17) is 4.74 Å². The van der Waals surface area contributed by atoms with Gasteiger partial charge < -0.3 is 4.74 Å². The summed E-state index contributed by atoms with van der Waals surface area (Å²) in [5.41, 5.74) is -0.536. The molecule has 1 aromatic carbocycles. The molecular weight excluding hydrogens is 260 g/mol. The predicted molar refractivity (Wildman–Crippen MR) is 65.0 cm³/mol. The molecule has 1 N–H and O–H groups in total. The first-order valence-corrected chi connectivity index (χ1v) is 6.33. The van der Waals surface area contributed by atoms with Crippen LogP contribution in [-0.4, -0.2) is 27.0 Å². The molecule has 18 heavy (non-hydrogen) atoms. The maximum atomic E-state index is 11.8. The monoisotopic (exact) mass is 272 g/mol. The second-order valence-electron chi connectivity index (χ2n) is 3.23. The minimum atomic E-state index is -3.94. The van der Waals surface area contributed by atoms with Gasteiger partial charge in [-0.25, -0.2) is 13.1 Å². The van der Waals surface area contributed by atoms with E-state index in [2.05, 4.69) is 11.3 Å². The van der Waals surface area contributed by atoms with Gasteiger partial charge in [0.25, 0.3) is 5.69 Å². The van der Waals surface area contributed by atoms with Crippen molar-refractivity contribution in [3.63, 3.8) is 0 Å². The largest absolute Gasteiger partial charge is 0.497 e. The van der Waals surface area contributed by atoms with Crippen LogP contribution in [0.1, 0.15) is 0 Å². The van der Waals surface area contributed by atoms with Crippen molar-refractivity contribution in [3.8, 4) is 5.75 Å². The van der Waals surface area contributed by atoms with Gasteiger partial charge in [0.05, 0.1) is 18.1 Å². The average Bonchev–Trinajstić information content (AvgIpc) is 2.35. The van der Waals surface area contributed by atoms with E-state index in [9.17, 15) is 18.5 Å². The molecule has 0 aliphatic carbocycles. The smallest absolute Gasteiger partial charge is 0.293 e. The lowest BCUT2D eigenvalue weighted by molar-refractivity contribution is -0.387. The Kier molecular flexibility index (Phi) is 4.40. The molecule has 0 aliphatic rings. The molecule has 7 nitrogen and oxygen atoms in total. The fraction of sp³-hybridized carbons (Fsp3) is 0.200. The molecule has 0 spiro atoms. The first kappa shape index (κ1) is 14.1. The Hall–Kier alpha value is -1.93. The van der Waals surface area contributed by atoms with Crippen molar-refractivity contribution in [3.05, 3.63) is 41.0 Å². The van der Waals surface area contributed by atoms with Gasteiger partial charge in [0.15, 0.2) is 4.90 Å². The molecule has 1 rings (SSSR count). The Balaban J connectivity index is 3.31. The van der Waals surface area contributed by atoms with Crippen LogP contribution in [0.5, 0.6) is 5.75 Å². The molecule has 0 aromatic heterocycles. The zero-order chi connectivity index (χ0) is 13.8. The van der Waals surface area contributed by atoms with Crippen LogP contribution in [0.25, 0.3) is 0 Å². The second-order valence-corrected chi connectivity index (χ2v) is 4.97. The van der Waals surface area contributed by atoms with Gasteiger partial charge in [-0.05, 0) is 12.1 Å². The zero-order valence-electron chi connectivity index (χ0n) is 9.62. The lowest BCUT2D eigenvalue weighted by Gasteiger charge is -2.06. The maximum absolute atomic E-state index is 11.8. The van der Waals surface area contributed by atoms with Gasteiger partial charge in [-0.2, -0.15) is 0 Å². The molecule has 98 valence electrons. The highest BCUT2D eigenvalue weighted by molar-refractivity contribution is 7.89. The summed E-state index contributed by atoms with van der Waals surface area (Å²) in [5.74, 6) is 0.212. The highest BCUT2D eigenvalue weighted by Gasteiger charge is 2.25. The summed E-state index contributed by atoms with van der Waals surface area (Å²) in [6, 6.07) is 3.53. The third-order valence-electron chi connectivity index (χ3n) is 2.07. The first-order valence-electron chi connectivity index (χ1n) is 4.85. The molecule has 8 heteroatoms. The van der Waals surface area contributed by atoms with E-state index in [0.717, 1.165) is 12.1 Å². The molecule has 0 heterocycles. The van der Waals surface area contributed by atoms with E-state index in [-0.39, 0.29) is 12.3 Å². The van der Waals surface area contributed by atoms with Gasteiger partial charge in [-0.1, -0.05) is 6.08 Å². The molecule has 0 amide bonds. The summed E-state index contributed by atoms with van der Waals surface area (Å²) < 4.78 is 30.6. The van der Waals surface area contributed by atoms with Gasteiger partial charge >= 0.3 is 0 Å². The van der Waals surface area contributed by atoms with Gasteiger partial charge in [-0.15, -0.1) is 6.58 Å². The summed E-state index contributed by atoms with van der Waals surface area (Å²) >= 11 is 0. The van der Waals surface area contributed by atoms with Gasteiger partial charge in [0.2, 0.25) is 10.0 Å². The molecule has 0 saturated heterocycles. The fourth-order valence-electron chi connectivity index (χ4n) is 1.24. The van der Waals surface area contributed by atoms with Crippen LogP contribution in [0.15, 0.2) is 35.7 Å². The fourth-order valence-corrected chi connectivity index (χ4v) is 2.39. The van der Waals surface area contributed by atoms with Gasteiger partial charge in [-0.3, -0.25) is 10.1 Å². The molecule has 1 aromatic rings. The van der Waals surface area contributed by atoms with Gasteiger partial charge in [0, 0.05) is 6.54 Å². The van der Waals surface area contributed by atoms with Crippen molar-refractivity contribution in [2.24, 2.45) is 0 Å². The minimum absolute atomic E-state index is 0.00842. The SMILES string of the molecule is C=CCNS(=O)(=O)c1ccc(OC)cc1[N+](=O)[O-]. The number of nitrogens with zero attached hydrogens (tertiary/aromatic N) is 1. The number of ether oxygens (including phenoxy) is 1. The van der Waals surface area contributed by atoms with Crippen LogP contribution in [-0.2, 0) is 10.0 Å². The number of nitro groups is 1. The molecule has 0 radical (unpaired) electrons. The zero-order valence-corrected chi connectivity index (χ0v) is 10.4. The number of hydrogen-bond donors (Lipinski definition) is 1. The molecule has 0 atom stereocenters. The highest BCUT2D eigenvalue weighted by atomic mass is 32.2. The molecule has 0 fully saturated rings. The van der Waals surface area contributed by atoms with Crippen LogP contribution in [0.2, 0.25) is 0 Å². The Morgan fingerprint density at radius 2 is 2.22 bits per heavy atom. The molecular formula is C10H12N2O5S. The van der Waals surface area contributed by atoms with E-state index in [1.54, 1.807) is 0 Å². The Morgan fingerprint density at radius 3 is 2.72 bits per heavy atom. The summed E-state index contributed by atoms with van der Waals surface area (Å²) in [6.45, 7) is 3.35. The van der Waals surface area contributed by atoms with E-state index >= 15 is 0 Å². The summed E-state index contributed by atoms with van der Waals surface area (Å²) in [6.07, 6.45) is 1.34. The van der Waals surface area contributed by atoms with Crippen molar-refractivity contribution in [1.29, 1.82) is 0 Å². The minimum Gasteiger partial charge on any atom is -0.497 e. The van der Waals surface area contributed by atoms with Crippen LogP contribution >= 0.6 is 0 Å². The van der Waals surface area contributed by atoms with Crippen molar-refractivity contribution < 1.29 is 18.1 Å². The number of nitrogens with one attached hydrogen (secondary N) is 1. The third-order valence-corrected chi connectivity index (χ3v) is 3.54. The number of sulfonamides is 1. The van der Waals surface area contributed by atoms with Gasteiger partial charge in [0.1, 0.15) is 5.75 Å². The topological polar surface area (TPSA) is 98.5 Å². The maximum Gasteiger partial charge on any atom is 0.293 e. The quantitative estimate of drug-likeness (QED) is 0.474. The van der Waals surface area contributed by atoms with E-state index < -0.39 is 25.5 Å². The molecule has 0 aliphatic heterocycles. The number of rotatable bonds is 6. The standard InChI is InChI=1S/C10H12N2O5S/c1-3-6-11-18(15,16)10-5-4-8(17-2)7-9(10)12(13)14/h3-5,7,11H,1,6H2,2H3. The van der Waals surface area contributed by atoms with Crippen molar-refractivity contribution in [1.82, 2.24) is 4.72 Å². The first-order chi connectivity index (χ1) is 8.42. The molecule has 0 saturated carbocycles. The van der Waals surface area contributed by atoms with E-state index in [1.807, 2.05) is 0 Å². The average molecular weight is 272 g/mol. The van der Waals surface area contributed by atoms with Crippen molar-refractivity contribution in [2.45, 2.75) is 4.90 Å². The second kappa shape index (κ2) is 5.61. The Labute approximate surface area is 104 Å². The number of benzene rings is 1. The van der Waals surface area contributed by atoms with Crippen LogP contribution in [0, 0.1) is 10.1 Å².